The third kappa shape index (κ3) is 3.04. The summed E-state index contributed by atoms with van der Waals surface area (Å²) in [7, 11) is 0. The molecule has 18 heavy (non-hydrogen) atoms. The van der Waals surface area contributed by atoms with Crippen molar-refractivity contribution in [1.29, 1.82) is 0 Å². The number of rotatable bonds is 4. The largest absolute Gasteiger partial charge is 0.393 e. The van der Waals surface area contributed by atoms with Crippen LogP contribution in [0.4, 0.5) is 0 Å². The molecule has 0 aromatic carbocycles. The highest BCUT2D eigenvalue weighted by Gasteiger charge is 2.40. The normalized spacial score (nSPS) is 36.6. The zero-order valence-electron chi connectivity index (χ0n) is 11.4. The Bertz CT molecular complexity index is 288. The summed E-state index contributed by atoms with van der Waals surface area (Å²) < 4.78 is 0. The van der Waals surface area contributed by atoms with Gasteiger partial charge >= 0.3 is 0 Å². The van der Waals surface area contributed by atoms with E-state index >= 15 is 0 Å². The van der Waals surface area contributed by atoms with Crippen LogP contribution < -0.4 is 10.6 Å². The smallest absolute Gasteiger partial charge is 0.240 e. The molecule has 0 spiro atoms. The molecular weight excluding hydrogens is 228 g/mol. The summed E-state index contributed by atoms with van der Waals surface area (Å²) in [6, 6.07) is 0.164. The minimum atomic E-state index is -0.336. The Morgan fingerprint density at radius 1 is 1.44 bits per heavy atom. The highest BCUT2D eigenvalue weighted by molar-refractivity contribution is 5.87. The molecule has 4 nitrogen and oxygen atoms in total. The summed E-state index contributed by atoms with van der Waals surface area (Å²) in [6.45, 7) is 3.07. The van der Waals surface area contributed by atoms with Crippen molar-refractivity contribution >= 4 is 5.91 Å². The molecule has 1 aliphatic carbocycles. The van der Waals surface area contributed by atoms with E-state index in [1.54, 1.807) is 0 Å². The van der Waals surface area contributed by atoms with Gasteiger partial charge in [-0.15, -0.1) is 0 Å². The lowest BCUT2D eigenvalue weighted by molar-refractivity contribution is -0.128. The Balaban J connectivity index is 1.92. The topological polar surface area (TPSA) is 61.4 Å². The van der Waals surface area contributed by atoms with Crippen LogP contribution in [0.1, 0.15) is 58.3 Å². The maximum Gasteiger partial charge on any atom is 0.240 e. The number of aliphatic hydroxyl groups is 1. The van der Waals surface area contributed by atoms with Crippen molar-refractivity contribution in [3.8, 4) is 0 Å². The van der Waals surface area contributed by atoms with Gasteiger partial charge in [-0.3, -0.25) is 4.79 Å². The molecule has 2 fully saturated rings. The molecule has 0 bridgehead atoms. The third-order valence-electron chi connectivity index (χ3n) is 4.34. The molecule has 3 atom stereocenters. The monoisotopic (exact) mass is 254 g/mol. The van der Waals surface area contributed by atoms with Crippen molar-refractivity contribution in [2.75, 3.05) is 6.54 Å². The van der Waals surface area contributed by atoms with Gasteiger partial charge in [0.05, 0.1) is 11.6 Å². The second kappa shape index (κ2) is 6.02. The summed E-state index contributed by atoms with van der Waals surface area (Å²) >= 11 is 0. The van der Waals surface area contributed by atoms with Crippen molar-refractivity contribution in [2.45, 2.75) is 76.0 Å². The minimum absolute atomic E-state index is 0.154. The fourth-order valence-electron chi connectivity index (χ4n) is 3.37. The summed E-state index contributed by atoms with van der Waals surface area (Å²) in [5.41, 5.74) is -0.336. The number of carbonyl (C=O) groups is 1. The van der Waals surface area contributed by atoms with E-state index in [-0.39, 0.29) is 23.6 Å². The van der Waals surface area contributed by atoms with Gasteiger partial charge in [0.2, 0.25) is 5.91 Å². The van der Waals surface area contributed by atoms with Gasteiger partial charge in [-0.05, 0) is 51.5 Å². The van der Waals surface area contributed by atoms with Gasteiger partial charge in [0, 0.05) is 6.04 Å². The van der Waals surface area contributed by atoms with Gasteiger partial charge in [-0.1, -0.05) is 13.3 Å². The van der Waals surface area contributed by atoms with Gasteiger partial charge in [-0.25, -0.2) is 0 Å². The summed E-state index contributed by atoms with van der Waals surface area (Å²) in [4.78, 5) is 12.5. The Labute approximate surface area is 110 Å². The molecule has 1 amide bonds. The fraction of sp³-hybridized carbons (Fsp3) is 0.929. The molecule has 1 aliphatic heterocycles. The van der Waals surface area contributed by atoms with E-state index in [1.165, 1.54) is 0 Å². The average Bonchev–Trinajstić information content (AvgIpc) is 2.79. The van der Waals surface area contributed by atoms with Crippen LogP contribution in [-0.4, -0.2) is 35.2 Å². The highest BCUT2D eigenvalue weighted by Crippen LogP contribution is 2.26. The first-order valence-electron chi connectivity index (χ1n) is 7.40. The van der Waals surface area contributed by atoms with E-state index in [0.29, 0.717) is 6.42 Å². The molecule has 2 aliphatic rings. The zero-order valence-corrected chi connectivity index (χ0v) is 11.4. The van der Waals surface area contributed by atoms with Crippen molar-refractivity contribution in [3.63, 3.8) is 0 Å². The first-order chi connectivity index (χ1) is 8.66. The first kappa shape index (κ1) is 13.8. The van der Waals surface area contributed by atoms with Crippen molar-refractivity contribution < 1.29 is 9.90 Å². The maximum atomic E-state index is 12.5. The Morgan fingerprint density at radius 3 is 2.89 bits per heavy atom. The van der Waals surface area contributed by atoms with Crippen LogP contribution >= 0.6 is 0 Å². The average molecular weight is 254 g/mol. The molecule has 3 N–H and O–H groups in total. The molecule has 1 saturated heterocycles. The van der Waals surface area contributed by atoms with Crippen LogP contribution in [0.2, 0.25) is 0 Å². The zero-order chi connectivity index (χ0) is 13.0. The lowest BCUT2D eigenvalue weighted by Gasteiger charge is -2.33. The quantitative estimate of drug-likeness (QED) is 0.709. The number of carbonyl (C=O) groups excluding carboxylic acids is 1. The molecule has 0 aromatic heterocycles. The SMILES string of the molecule is CCCC1(C(=O)NC2CCCC(O)C2)CCCN1. The lowest BCUT2D eigenvalue weighted by atomic mass is 9.88. The summed E-state index contributed by atoms with van der Waals surface area (Å²) in [5.74, 6) is 0.154. The van der Waals surface area contributed by atoms with Crippen LogP contribution in [0.5, 0.6) is 0 Å². The molecular formula is C14H26N2O2. The standard InChI is InChI=1S/C14H26N2O2/c1-2-7-14(8-4-9-15-14)13(18)16-11-5-3-6-12(17)10-11/h11-12,15,17H,2-10H2,1H3,(H,16,18). The number of nitrogens with one attached hydrogen (secondary N) is 2. The summed E-state index contributed by atoms with van der Waals surface area (Å²) in [6.07, 6.45) is 7.34. The van der Waals surface area contributed by atoms with Gasteiger partial charge in [0.25, 0.3) is 0 Å². The predicted octanol–water partition coefficient (Wildman–Crippen LogP) is 1.33. The van der Waals surface area contributed by atoms with Gasteiger partial charge in [0.1, 0.15) is 0 Å². The van der Waals surface area contributed by atoms with Crippen LogP contribution in [-0.2, 0) is 4.79 Å². The van der Waals surface area contributed by atoms with Crippen LogP contribution in [0.3, 0.4) is 0 Å². The van der Waals surface area contributed by atoms with Crippen molar-refractivity contribution in [2.24, 2.45) is 0 Å². The molecule has 0 radical (unpaired) electrons. The number of hydrogen-bond donors (Lipinski definition) is 3. The molecule has 0 aromatic rings. The molecule has 2 rings (SSSR count). The van der Waals surface area contributed by atoms with E-state index in [0.717, 1.165) is 51.5 Å². The first-order valence-corrected chi connectivity index (χ1v) is 7.40. The number of aliphatic hydroxyl groups excluding tert-OH is 1. The van der Waals surface area contributed by atoms with Crippen LogP contribution in [0.15, 0.2) is 0 Å². The predicted molar refractivity (Wildman–Crippen MR) is 71.3 cm³/mol. The van der Waals surface area contributed by atoms with E-state index in [9.17, 15) is 9.90 Å². The fourth-order valence-corrected chi connectivity index (χ4v) is 3.37. The third-order valence-corrected chi connectivity index (χ3v) is 4.34. The van der Waals surface area contributed by atoms with Gasteiger partial charge < -0.3 is 15.7 Å². The second-order valence-corrected chi connectivity index (χ2v) is 5.85. The van der Waals surface area contributed by atoms with E-state index in [2.05, 4.69) is 17.6 Å². The number of amides is 1. The second-order valence-electron chi connectivity index (χ2n) is 5.85. The van der Waals surface area contributed by atoms with E-state index in [1.807, 2.05) is 0 Å². The molecule has 104 valence electrons. The molecule has 1 saturated carbocycles. The van der Waals surface area contributed by atoms with Crippen molar-refractivity contribution in [1.82, 2.24) is 10.6 Å². The molecule has 4 heteroatoms. The van der Waals surface area contributed by atoms with Crippen molar-refractivity contribution in [3.05, 3.63) is 0 Å². The van der Waals surface area contributed by atoms with Crippen LogP contribution in [0.25, 0.3) is 0 Å². The van der Waals surface area contributed by atoms with E-state index < -0.39 is 0 Å². The summed E-state index contributed by atoms with van der Waals surface area (Å²) in [5, 5.41) is 16.2. The van der Waals surface area contributed by atoms with Gasteiger partial charge in [0.15, 0.2) is 0 Å². The maximum absolute atomic E-state index is 12.5. The lowest BCUT2D eigenvalue weighted by Crippen LogP contribution is -2.56. The Morgan fingerprint density at radius 2 is 2.28 bits per heavy atom. The Hall–Kier alpha value is -0.610. The Kier molecular flexibility index (Phi) is 4.62. The molecule has 1 heterocycles. The van der Waals surface area contributed by atoms with E-state index in [4.69, 9.17) is 0 Å². The molecule has 3 unspecified atom stereocenters. The highest BCUT2D eigenvalue weighted by atomic mass is 16.3. The van der Waals surface area contributed by atoms with Crippen LogP contribution in [0, 0.1) is 0 Å². The van der Waals surface area contributed by atoms with Gasteiger partial charge in [-0.2, -0.15) is 0 Å². The number of hydrogen-bond acceptors (Lipinski definition) is 3. The minimum Gasteiger partial charge on any atom is -0.393 e.